The van der Waals surface area contributed by atoms with E-state index in [0.29, 0.717) is 47.6 Å². The molecule has 1 spiro atoms. The van der Waals surface area contributed by atoms with Crippen LogP contribution in [0.1, 0.15) is 23.2 Å². The first-order chi connectivity index (χ1) is 13.0. The summed E-state index contributed by atoms with van der Waals surface area (Å²) in [6.07, 6.45) is 1.30. The zero-order chi connectivity index (χ0) is 18.6. The summed E-state index contributed by atoms with van der Waals surface area (Å²) < 4.78 is 18.8. The number of fused-ring (bicyclic) bond motifs is 1. The Bertz CT molecular complexity index is 1070. The molecule has 5 rings (SSSR count). The maximum Gasteiger partial charge on any atom is 0.254 e. The molecule has 0 atom stereocenters. The molecule has 1 N–H and O–H groups in total. The zero-order valence-electron chi connectivity index (χ0n) is 14.4. The summed E-state index contributed by atoms with van der Waals surface area (Å²) >= 11 is 0. The van der Waals surface area contributed by atoms with Gasteiger partial charge >= 0.3 is 0 Å². The molecule has 0 saturated carbocycles. The molecule has 0 bridgehead atoms. The first kappa shape index (κ1) is 16.0. The second kappa shape index (κ2) is 5.64. The Kier molecular flexibility index (Phi) is 3.34. The van der Waals surface area contributed by atoms with Gasteiger partial charge in [-0.05, 0) is 48.9 Å². The monoisotopic (exact) mass is 365 g/mol. The largest absolute Gasteiger partial charge is 0.436 e. The van der Waals surface area contributed by atoms with Gasteiger partial charge in [-0.2, -0.15) is 0 Å². The predicted octanol–water partition coefficient (Wildman–Crippen LogP) is 2.74. The van der Waals surface area contributed by atoms with Crippen LogP contribution in [0.15, 0.2) is 46.9 Å². The summed E-state index contributed by atoms with van der Waals surface area (Å²) in [5.74, 6) is 0.0154. The van der Waals surface area contributed by atoms with Crippen LogP contribution in [0.3, 0.4) is 0 Å². The van der Waals surface area contributed by atoms with Crippen LogP contribution in [0.2, 0.25) is 0 Å². The average Bonchev–Trinajstić information content (AvgIpc) is 3.23. The van der Waals surface area contributed by atoms with Gasteiger partial charge in [-0.1, -0.05) is 0 Å². The highest BCUT2D eigenvalue weighted by Crippen LogP contribution is 2.32. The summed E-state index contributed by atoms with van der Waals surface area (Å²) in [4.78, 5) is 30.3. The number of nitrogens with zero attached hydrogens (tertiary/aromatic N) is 2. The highest BCUT2D eigenvalue weighted by molar-refractivity contribution is 5.98. The minimum Gasteiger partial charge on any atom is -0.436 e. The lowest BCUT2D eigenvalue weighted by Crippen LogP contribution is -2.68. The zero-order valence-corrected chi connectivity index (χ0v) is 14.4. The first-order valence-corrected chi connectivity index (χ1v) is 8.78. The third-order valence-electron chi connectivity index (χ3n) is 5.24. The number of halogens is 1. The molecule has 3 aromatic rings. The Morgan fingerprint density at radius 2 is 1.96 bits per heavy atom. The maximum atomic E-state index is 13.1. The smallest absolute Gasteiger partial charge is 0.254 e. The van der Waals surface area contributed by atoms with Crippen molar-refractivity contribution in [3.63, 3.8) is 0 Å². The van der Waals surface area contributed by atoms with Crippen molar-refractivity contribution < 1.29 is 18.4 Å². The van der Waals surface area contributed by atoms with Gasteiger partial charge in [0.15, 0.2) is 5.58 Å². The number of likely N-dealkylation sites (tertiary alicyclic amines) is 1. The van der Waals surface area contributed by atoms with Gasteiger partial charge in [0.05, 0.1) is 5.54 Å². The Labute approximate surface area is 154 Å². The van der Waals surface area contributed by atoms with Crippen LogP contribution in [0.4, 0.5) is 4.39 Å². The Morgan fingerprint density at radius 3 is 2.67 bits per heavy atom. The number of nitrogens with one attached hydrogen (secondary N) is 1. The van der Waals surface area contributed by atoms with Crippen LogP contribution in [0, 0.1) is 5.82 Å². The Hall–Kier alpha value is -3.22. The van der Waals surface area contributed by atoms with E-state index < -0.39 is 0 Å². The van der Waals surface area contributed by atoms with Crippen molar-refractivity contribution in [3.05, 3.63) is 53.8 Å². The van der Waals surface area contributed by atoms with Gasteiger partial charge in [0.2, 0.25) is 11.8 Å². The van der Waals surface area contributed by atoms with Crippen LogP contribution in [0.25, 0.3) is 22.6 Å². The molecule has 2 fully saturated rings. The molecule has 2 saturated heterocycles. The summed E-state index contributed by atoms with van der Waals surface area (Å²) in [5, 5.41) is 2.97. The van der Waals surface area contributed by atoms with Crippen molar-refractivity contribution in [1.29, 1.82) is 0 Å². The topological polar surface area (TPSA) is 75.4 Å². The van der Waals surface area contributed by atoms with Gasteiger partial charge in [0.25, 0.3) is 5.91 Å². The number of aromatic nitrogens is 1. The van der Waals surface area contributed by atoms with Gasteiger partial charge < -0.3 is 14.6 Å². The molecule has 27 heavy (non-hydrogen) atoms. The summed E-state index contributed by atoms with van der Waals surface area (Å²) in [5.41, 5.74) is 2.09. The first-order valence-electron chi connectivity index (χ1n) is 8.78. The molecular weight excluding hydrogens is 349 g/mol. The van der Waals surface area contributed by atoms with Gasteiger partial charge in [0.1, 0.15) is 11.3 Å². The SMILES string of the molecule is O=C1CCC2(CN(C(=O)c3ccc4nc(-c5ccc(F)cc5)oc4c3)C2)N1. The molecule has 2 aliphatic heterocycles. The third-order valence-corrected chi connectivity index (χ3v) is 5.24. The van der Waals surface area contributed by atoms with Crippen LogP contribution < -0.4 is 5.32 Å². The highest BCUT2D eigenvalue weighted by Gasteiger charge is 2.49. The number of amides is 2. The molecule has 2 aliphatic rings. The molecule has 0 aliphatic carbocycles. The predicted molar refractivity (Wildman–Crippen MR) is 95.4 cm³/mol. The van der Waals surface area contributed by atoms with Crippen molar-refractivity contribution in [2.24, 2.45) is 0 Å². The highest BCUT2D eigenvalue weighted by atomic mass is 19.1. The second-order valence-corrected chi connectivity index (χ2v) is 7.20. The normalized spacial score (nSPS) is 18.0. The molecule has 3 heterocycles. The van der Waals surface area contributed by atoms with Gasteiger partial charge in [0, 0.05) is 30.6 Å². The fraction of sp³-hybridized carbons (Fsp3) is 0.250. The van der Waals surface area contributed by atoms with Gasteiger partial charge in [-0.3, -0.25) is 9.59 Å². The Morgan fingerprint density at radius 1 is 1.19 bits per heavy atom. The van der Waals surface area contributed by atoms with E-state index in [1.54, 1.807) is 35.2 Å². The van der Waals surface area contributed by atoms with Crippen molar-refractivity contribution >= 4 is 22.9 Å². The van der Waals surface area contributed by atoms with Gasteiger partial charge in [-0.25, -0.2) is 9.37 Å². The Balaban J connectivity index is 1.38. The number of rotatable bonds is 2. The number of hydrogen-bond acceptors (Lipinski definition) is 4. The molecule has 0 unspecified atom stereocenters. The molecule has 2 aromatic carbocycles. The third kappa shape index (κ3) is 2.66. The van der Waals surface area contributed by atoms with Crippen LogP contribution in [-0.4, -0.2) is 40.3 Å². The molecular formula is C20H16FN3O3. The van der Waals surface area contributed by atoms with E-state index in [1.165, 1.54) is 12.1 Å². The van der Waals surface area contributed by atoms with Crippen LogP contribution in [-0.2, 0) is 4.79 Å². The van der Waals surface area contributed by atoms with Crippen molar-refractivity contribution in [2.75, 3.05) is 13.1 Å². The van der Waals surface area contributed by atoms with E-state index in [1.807, 2.05) is 0 Å². The van der Waals surface area contributed by atoms with E-state index >= 15 is 0 Å². The van der Waals surface area contributed by atoms with E-state index in [4.69, 9.17) is 4.42 Å². The quantitative estimate of drug-likeness (QED) is 0.758. The second-order valence-electron chi connectivity index (χ2n) is 7.20. The van der Waals surface area contributed by atoms with Crippen LogP contribution >= 0.6 is 0 Å². The standard InChI is InChI=1S/C20H16FN3O3/c21-14-4-1-12(2-5-14)18-22-15-6-3-13(9-16(15)27-18)19(26)24-10-20(11-24)8-7-17(25)23-20/h1-6,9H,7-8,10-11H2,(H,23,25). The lowest BCUT2D eigenvalue weighted by molar-refractivity contribution is -0.120. The lowest BCUT2D eigenvalue weighted by Gasteiger charge is -2.47. The molecule has 0 radical (unpaired) electrons. The van der Waals surface area contributed by atoms with E-state index in [2.05, 4.69) is 10.3 Å². The maximum absolute atomic E-state index is 13.1. The molecule has 2 amide bonds. The summed E-state index contributed by atoms with van der Waals surface area (Å²) in [6.45, 7) is 1.07. The summed E-state index contributed by atoms with van der Waals surface area (Å²) in [6, 6.07) is 11.0. The van der Waals surface area contributed by atoms with Crippen molar-refractivity contribution in [3.8, 4) is 11.5 Å². The number of carbonyl (C=O) groups excluding carboxylic acids is 2. The van der Waals surface area contributed by atoms with Gasteiger partial charge in [-0.15, -0.1) is 0 Å². The lowest BCUT2D eigenvalue weighted by atomic mass is 9.87. The molecule has 6 nitrogen and oxygen atoms in total. The van der Waals surface area contributed by atoms with E-state index in [9.17, 15) is 14.0 Å². The van der Waals surface area contributed by atoms with Crippen molar-refractivity contribution in [2.45, 2.75) is 18.4 Å². The fourth-order valence-corrected chi connectivity index (χ4v) is 3.79. The minimum atomic E-state index is -0.325. The minimum absolute atomic E-state index is 0.0542. The fourth-order valence-electron chi connectivity index (χ4n) is 3.79. The number of oxazole rings is 1. The number of hydrogen-bond donors (Lipinski definition) is 1. The average molecular weight is 365 g/mol. The molecule has 1 aromatic heterocycles. The van der Waals surface area contributed by atoms with Crippen LogP contribution in [0.5, 0.6) is 0 Å². The number of carbonyl (C=O) groups is 2. The molecule has 136 valence electrons. The van der Waals surface area contributed by atoms with E-state index in [-0.39, 0.29) is 23.2 Å². The summed E-state index contributed by atoms with van der Waals surface area (Å²) in [7, 11) is 0. The molecule has 7 heteroatoms. The van der Waals surface area contributed by atoms with Crippen molar-refractivity contribution in [1.82, 2.24) is 15.2 Å². The van der Waals surface area contributed by atoms with E-state index in [0.717, 1.165) is 6.42 Å². The number of benzene rings is 2.